The molecule has 2 heterocycles. The second-order valence-electron chi connectivity index (χ2n) is 5.53. The maximum absolute atomic E-state index is 12.7. The van der Waals surface area contributed by atoms with Gasteiger partial charge in [-0.05, 0) is 42.7 Å². The van der Waals surface area contributed by atoms with Crippen molar-refractivity contribution in [2.24, 2.45) is 0 Å². The molecule has 0 saturated carbocycles. The van der Waals surface area contributed by atoms with E-state index < -0.39 is 11.7 Å². The first-order valence-corrected chi connectivity index (χ1v) is 7.58. The molecule has 1 aromatic heterocycles. The van der Waals surface area contributed by atoms with Crippen molar-refractivity contribution in [1.29, 1.82) is 0 Å². The van der Waals surface area contributed by atoms with Crippen LogP contribution in [0.1, 0.15) is 23.2 Å². The Morgan fingerprint density at radius 1 is 1.22 bits per heavy atom. The van der Waals surface area contributed by atoms with Crippen molar-refractivity contribution < 1.29 is 13.2 Å². The molecule has 1 aliphatic heterocycles. The number of nitrogens with zero attached hydrogens (tertiary/aromatic N) is 2. The van der Waals surface area contributed by atoms with Gasteiger partial charge in [0.25, 0.3) is 0 Å². The second kappa shape index (κ2) is 5.92. The minimum absolute atomic E-state index is 0.121. The lowest BCUT2D eigenvalue weighted by atomic mass is 10.1. The van der Waals surface area contributed by atoms with Crippen molar-refractivity contribution >= 4 is 23.1 Å². The Hall–Kier alpha value is -1.95. The molecule has 2 aromatic rings. The number of fused-ring (bicyclic) bond motifs is 1. The van der Waals surface area contributed by atoms with Crippen LogP contribution in [0.5, 0.6) is 0 Å². The molecule has 2 N–H and O–H groups in total. The Labute approximate surface area is 136 Å². The zero-order valence-corrected chi connectivity index (χ0v) is 13.0. The average molecular weight is 342 g/mol. The zero-order valence-electron chi connectivity index (χ0n) is 12.2. The zero-order chi connectivity index (χ0) is 16.6. The molecule has 0 bridgehead atoms. The summed E-state index contributed by atoms with van der Waals surface area (Å²) < 4.78 is 38.1. The van der Waals surface area contributed by atoms with E-state index in [0.717, 1.165) is 42.9 Å². The Balaban J connectivity index is 1.86. The van der Waals surface area contributed by atoms with Crippen LogP contribution in [0.15, 0.2) is 30.3 Å². The molecular weight excluding hydrogens is 327 g/mol. The van der Waals surface area contributed by atoms with Crippen LogP contribution in [0.4, 0.5) is 24.7 Å². The van der Waals surface area contributed by atoms with Crippen LogP contribution in [-0.2, 0) is 19.1 Å². The third-order valence-electron chi connectivity index (χ3n) is 3.90. The highest BCUT2D eigenvalue weighted by atomic mass is 35.5. The van der Waals surface area contributed by atoms with Gasteiger partial charge in [0.1, 0.15) is 5.82 Å². The average Bonchev–Trinajstić information content (AvgIpc) is 2.48. The molecule has 0 aliphatic carbocycles. The van der Waals surface area contributed by atoms with Crippen LogP contribution >= 0.6 is 11.6 Å². The molecule has 1 aromatic carbocycles. The van der Waals surface area contributed by atoms with Crippen molar-refractivity contribution in [1.82, 2.24) is 4.98 Å². The molecule has 23 heavy (non-hydrogen) atoms. The molecule has 3 nitrogen and oxygen atoms in total. The summed E-state index contributed by atoms with van der Waals surface area (Å²) >= 11 is 6.04. The van der Waals surface area contributed by atoms with E-state index in [-0.39, 0.29) is 5.02 Å². The van der Waals surface area contributed by atoms with E-state index in [2.05, 4.69) is 9.88 Å². The first-order chi connectivity index (χ1) is 10.8. The molecule has 0 spiro atoms. The predicted molar refractivity (Wildman–Crippen MR) is 84.5 cm³/mol. The highest BCUT2D eigenvalue weighted by molar-refractivity contribution is 6.31. The fourth-order valence-corrected chi connectivity index (χ4v) is 3.00. The SMILES string of the molecule is Nc1ccc2c(n1)CCCN2Cc1ccc(C(F)(F)F)cc1Cl. The molecule has 0 amide bonds. The Morgan fingerprint density at radius 3 is 2.70 bits per heavy atom. The topological polar surface area (TPSA) is 42.1 Å². The fourth-order valence-electron chi connectivity index (χ4n) is 2.76. The third-order valence-corrected chi connectivity index (χ3v) is 4.25. The van der Waals surface area contributed by atoms with Gasteiger partial charge in [0, 0.05) is 18.1 Å². The van der Waals surface area contributed by atoms with Gasteiger partial charge in [0.15, 0.2) is 0 Å². The van der Waals surface area contributed by atoms with E-state index in [9.17, 15) is 13.2 Å². The van der Waals surface area contributed by atoms with Crippen molar-refractivity contribution in [3.8, 4) is 0 Å². The number of halogens is 4. The molecule has 0 saturated heterocycles. The molecule has 0 unspecified atom stereocenters. The van der Waals surface area contributed by atoms with Gasteiger partial charge in [0.05, 0.1) is 16.9 Å². The standard InChI is InChI=1S/C16H15ClF3N3/c17-12-8-11(16(18,19)20)4-3-10(12)9-23-7-1-2-13-14(23)5-6-15(21)22-13/h3-6,8H,1-2,7,9H2,(H2,21,22). The summed E-state index contributed by atoms with van der Waals surface area (Å²) in [4.78, 5) is 6.40. The van der Waals surface area contributed by atoms with Crippen molar-refractivity contribution in [3.63, 3.8) is 0 Å². The summed E-state index contributed by atoms with van der Waals surface area (Å²) in [6.45, 7) is 1.24. The molecule has 7 heteroatoms. The molecule has 0 atom stereocenters. The summed E-state index contributed by atoms with van der Waals surface area (Å²) in [7, 11) is 0. The van der Waals surface area contributed by atoms with Crippen LogP contribution in [0.2, 0.25) is 5.02 Å². The molecule has 122 valence electrons. The lowest BCUT2D eigenvalue weighted by molar-refractivity contribution is -0.137. The number of pyridine rings is 1. The van der Waals surface area contributed by atoms with E-state index in [4.69, 9.17) is 17.3 Å². The van der Waals surface area contributed by atoms with Crippen LogP contribution < -0.4 is 10.6 Å². The number of nitrogen functional groups attached to an aromatic ring is 1. The third kappa shape index (κ3) is 3.37. The number of nitrogens with two attached hydrogens (primary N) is 1. The summed E-state index contributed by atoms with van der Waals surface area (Å²) in [6, 6.07) is 7.10. The second-order valence-corrected chi connectivity index (χ2v) is 5.94. The normalized spacial score (nSPS) is 14.7. The van der Waals surface area contributed by atoms with E-state index in [1.165, 1.54) is 6.07 Å². The van der Waals surface area contributed by atoms with Crippen molar-refractivity contribution in [2.45, 2.75) is 25.6 Å². The van der Waals surface area contributed by atoms with Gasteiger partial charge in [-0.3, -0.25) is 0 Å². The van der Waals surface area contributed by atoms with Gasteiger partial charge in [-0.2, -0.15) is 13.2 Å². The van der Waals surface area contributed by atoms with Crippen LogP contribution in [0.25, 0.3) is 0 Å². The number of rotatable bonds is 2. The number of aryl methyl sites for hydroxylation is 1. The number of hydrogen-bond donors (Lipinski definition) is 1. The molecule has 3 rings (SSSR count). The highest BCUT2D eigenvalue weighted by Crippen LogP contribution is 2.34. The van der Waals surface area contributed by atoms with Gasteiger partial charge >= 0.3 is 6.18 Å². The van der Waals surface area contributed by atoms with E-state index in [1.54, 1.807) is 6.07 Å². The van der Waals surface area contributed by atoms with Crippen molar-refractivity contribution in [3.05, 3.63) is 52.2 Å². The van der Waals surface area contributed by atoms with E-state index in [0.29, 0.717) is 17.9 Å². The summed E-state index contributed by atoms with van der Waals surface area (Å²) in [5.41, 5.74) is 7.50. The molecule has 0 fully saturated rings. The minimum atomic E-state index is -4.39. The maximum Gasteiger partial charge on any atom is 0.416 e. The largest absolute Gasteiger partial charge is 0.416 e. The Kier molecular flexibility index (Phi) is 4.10. The number of alkyl halides is 3. The van der Waals surface area contributed by atoms with Gasteiger partial charge in [-0.15, -0.1) is 0 Å². The number of aromatic nitrogens is 1. The van der Waals surface area contributed by atoms with Crippen LogP contribution in [0.3, 0.4) is 0 Å². The van der Waals surface area contributed by atoms with Gasteiger partial charge in [-0.25, -0.2) is 4.98 Å². The summed E-state index contributed by atoms with van der Waals surface area (Å²) in [6.07, 6.45) is -2.62. The smallest absolute Gasteiger partial charge is 0.384 e. The molecule has 1 aliphatic rings. The molecular formula is C16H15ClF3N3. The predicted octanol–water partition coefficient (Wildman–Crippen LogP) is 4.29. The Bertz CT molecular complexity index is 731. The van der Waals surface area contributed by atoms with E-state index in [1.807, 2.05) is 6.07 Å². The monoisotopic (exact) mass is 341 g/mol. The first kappa shape index (κ1) is 15.9. The minimum Gasteiger partial charge on any atom is -0.384 e. The number of hydrogen-bond acceptors (Lipinski definition) is 3. The Morgan fingerprint density at radius 2 is 2.00 bits per heavy atom. The van der Waals surface area contributed by atoms with Gasteiger partial charge in [0.2, 0.25) is 0 Å². The van der Waals surface area contributed by atoms with Gasteiger partial charge < -0.3 is 10.6 Å². The quantitative estimate of drug-likeness (QED) is 0.886. The number of anilines is 2. The lowest BCUT2D eigenvalue weighted by Crippen LogP contribution is -2.29. The first-order valence-electron chi connectivity index (χ1n) is 7.20. The highest BCUT2D eigenvalue weighted by Gasteiger charge is 2.31. The maximum atomic E-state index is 12.7. The lowest BCUT2D eigenvalue weighted by Gasteiger charge is -2.31. The van der Waals surface area contributed by atoms with E-state index >= 15 is 0 Å². The fraction of sp³-hybridized carbons (Fsp3) is 0.312. The summed E-state index contributed by atoms with van der Waals surface area (Å²) in [5, 5.41) is 0.121. The van der Waals surface area contributed by atoms with Crippen LogP contribution in [0, 0.1) is 0 Å². The summed E-state index contributed by atoms with van der Waals surface area (Å²) in [5.74, 6) is 0.471. The van der Waals surface area contributed by atoms with Crippen LogP contribution in [-0.4, -0.2) is 11.5 Å². The number of benzene rings is 1. The van der Waals surface area contributed by atoms with Crippen molar-refractivity contribution in [2.75, 3.05) is 17.2 Å². The molecule has 0 radical (unpaired) electrons. The van der Waals surface area contributed by atoms with Gasteiger partial charge in [-0.1, -0.05) is 17.7 Å².